The molecule has 16 heavy (non-hydrogen) atoms. The Hall–Kier alpha value is -1.00. The SMILES string of the molecule is Nc1cc(F)c(Cl)cc1NCC1CCOC1. The Balaban J connectivity index is 2.00. The Morgan fingerprint density at radius 3 is 3.06 bits per heavy atom. The van der Waals surface area contributed by atoms with Crippen LogP contribution >= 0.6 is 11.6 Å². The van der Waals surface area contributed by atoms with E-state index in [0.29, 0.717) is 17.3 Å². The molecule has 0 aromatic heterocycles. The molecule has 1 fully saturated rings. The van der Waals surface area contributed by atoms with Crippen molar-refractivity contribution < 1.29 is 9.13 Å². The zero-order valence-corrected chi connectivity index (χ0v) is 9.56. The first-order chi connectivity index (χ1) is 7.66. The lowest BCUT2D eigenvalue weighted by atomic mass is 10.1. The molecule has 0 bridgehead atoms. The van der Waals surface area contributed by atoms with Crippen molar-refractivity contribution in [1.29, 1.82) is 0 Å². The number of nitrogens with one attached hydrogen (secondary N) is 1. The van der Waals surface area contributed by atoms with E-state index in [2.05, 4.69) is 5.32 Å². The minimum Gasteiger partial charge on any atom is -0.397 e. The lowest BCUT2D eigenvalue weighted by Crippen LogP contribution is -2.15. The summed E-state index contributed by atoms with van der Waals surface area (Å²) in [4.78, 5) is 0. The molecule has 3 N–H and O–H groups in total. The van der Waals surface area contributed by atoms with E-state index < -0.39 is 5.82 Å². The van der Waals surface area contributed by atoms with Crippen LogP contribution in [0, 0.1) is 11.7 Å². The van der Waals surface area contributed by atoms with Gasteiger partial charge in [-0.25, -0.2) is 4.39 Å². The third-order valence-corrected chi connectivity index (χ3v) is 2.99. The molecule has 0 aliphatic carbocycles. The van der Waals surface area contributed by atoms with Crippen LogP contribution in [-0.2, 0) is 4.74 Å². The van der Waals surface area contributed by atoms with Crippen molar-refractivity contribution >= 4 is 23.0 Å². The monoisotopic (exact) mass is 244 g/mol. The summed E-state index contributed by atoms with van der Waals surface area (Å²) in [6.07, 6.45) is 1.04. The van der Waals surface area contributed by atoms with E-state index in [1.165, 1.54) is 12.1 Å². The Kier molecular flexibility index (Phi) is 3.51. The maximum Gasteiger partial charge on any atom is 0.143 e. The highest BCUT2D eigenvalue weighted by Crippen LogP contribution is 2.26. The second-order valence-electron chi connectivity index (χ2n) is 3.96. The van der Waals surface area contributed by atoms with Gasteiger partial charge in [-0.2, -0.15) is 0 Å². The molecular weight excluding hydrogens is 231 g/mol. The lowest BCUT2D eigenvalue weighted by Gasteiger charge is -2.13. The van der Waals surface area contributed by atoms with Gasteiger partial charge in [-0.3, -0.25) is 0 Å². The molecule has 1 atom stereocenters. The Morgan fingerprint density at radius 1 is 1.56 bits per heavy atom. The number of nitrogen functional groups attached to an aromatic ring is 1. The zero-order valence-electron chi connectivity index (χ0n) is 8.80. The minimum absolute atomic E-state index is 0.0828. The summed E-state index contributed by atoms with van der Waals surface area (Å²) in [5.41, 5.74) is 6.74. The molecule has 2 rings (SSSR count). The largest absolute Gasteiger partial charge is 0.397 e. The number of hydrogen-bond donors (Lipinski definition) is 2. The second kappa shape index (κ2) is 4.89. The van der Waals surface area contributed by atoms with Crippen molar-refractivity contribution in [3.63, 3.8) is 0 Å². The molecular formula is C11H14ClFN2O. The number of benzene rings is 1. The van der Waals surface area contributed by atoms with Crippen molar-refractivity contribution in [2.24, 2.45) is 5.92 Å². The van der Waals surface area contributed by atoms with Crippen molar-refractivity contribution in [1.82, 2.24) is 0 Å². The summed E-state index contributed by atoms with van der Waals surface area (Å²) in [5, 5.41) is 3.25. The van der Waals surface area contributed by atoms with E-state index in [1.54, 1.807) is 0 Å². The van der Waals surface area contributed by atoms with Gasteiger partial charge in [0.2, 0.25) is 0 Å². The fourth-order valence-electron chi connectivity index (χ4n) is 1.71. The number of rotatable bonds is 3. The fourth-order valence-corrected chi connectivity index (χ4v) is 1.88. The summed E-state index contributed by atoms with van der Waals surface area (Å²) >= 11 is 5.69. The first-order valence-electron chi connectivity index (χ1n) is 5.23. The predicted molar refractivity (Wildman–Crippen MR) is 63.2 cm³/mol. The quantitative estimate of drug-likeness (QED) is 0.804. The van der Waals surface area contributed by atoms with E-state index in [0.717, 1.165) is 26.2 Å². The van der Waals surface area contributed by atoms with Crippen LogP contribution in [0.1, 0.15) is 6.42 Å². The molecule has 1 aromatic rings. The smallest absolute Gasteiger partial charge is 0.143 e. The Bertz CT molecular complexity index is 380. The average molecular weight is 245 g/mol. The number of anilines is 2. The van der Waals surface area contributed by atoms with Crippen LogP contribution in [0.25, 0.3) is 0 Å². The molecule has 1 saturated heterocycles. The third-order valence-electron chi connectivity index (χ3n) is 2.70. The van der Waals surface area contributed by atoms with Gasteiger partial charge in [0.05, 0.1) is 23.0 Å². The van der Waals surface area contributed by atoms with Crippen molar-refractivity contribution in [3.05, 3.63) is 23.0 Å². The normalized spacial score (nSPS) is 20.0. The maximum atomic E-state index is 13.0. The molecule has 0 spiro atoms. The fraction of sp³-hybridized carbons (Fsp3) is 0.455. The molecule has 3 nitrogen and oxygen atoms in total. The summed E-state index contributed by atoms with van der Waals surface area (Å²) < 4.78 is 18.3. The topological polar surface area (TPSA) is 47.3 Å². The van der Waals surface area contributed by atoms with Crippen LogP contribution < -0.4 is 11.1 Å². The average Bonchev–Trinajstić information content (AvgIpc) is 2.74. The molecule has 1 heterocycles. The highest BCUT2D eigenvalue weighted by Gasteiger charge is 2.15. The maximum absolute atomic E-state index is 13.0. The molecule has 1 aliphatic rings. The second-order valence-corrected chi connectivity index (χ2v) is 4.37. The highest BCUT2D eigenvalue weighted by molar-refractivity contribution is 6.31. The van der Waals surface area contributed by atoms with Crippen molar-refractivity contribution in [2.75, 3.05) is 30.8 Å². The van der Waals surface area contributed by atoms with Gasteiger partial charge in [-0.1, -0.05) is 11.6 Å². The molecule has 5 heteroatoms. The van der Waals surface area contributed by atoms with Crippen LogP contribution in [-0.4, -0.2) is 19.8 Å². The first kappa shape index (κ1) is 11.5. The number of halogens is 2. The minimum atomic E-state index is -0.492. The van der Waals surface area contributed by atoms with Crippen LogP contribution in [0.2, 0.25) is 5.02 Å². The molecule has 0 radical (unpaired) electrons. The Morgan fingerprint density at radius 2 is 2.38 bits per heavy atom. The van der Waals surface area contributed by atoms with Gasteiger partial charge in [-0.05, 0) is 12.5 Å². The molecule has 0 saturated carbocycles. The summed E-state index contributed by atoms with van der Waals surface area (Å²) in [6.45, 7) is 2.35. The zero-order chi connectivity index (χ0) is 11.5. The van der Waals surface area contributed by atoms with Crippen LogP contribution in [0.5, 0.6) is 0 Å². The van der Waals surface area contributed by atoms with Crippen LogP contribution in [0.3, 0.4) is 0 Å². The van der Waals surface area contributed by atoms with Gasteiger partial charge in [0.1, 0.15) is 5.82 Å². The van der Waals surface area contributed by atoms with E-state index >= 15 is 0 Å². The van der Waals surface area contributed by atoms with Crippen molar-refractivity contribution in [2.45, 2.75) is 6.42 Å². The number of ether oxygens (including phenoxy) is 1. The van der Waals surface area contributed by atoms with Gasteiger partial charge in [0.15, 0.2) is 0 Å². The molecule has 1 aromatic carbocycles. The van der Waals surface area contributed by atoms with Crippen LogP contribution in [0.4, 0.5) is 15.8 Å². The van der Waals surface area contributed by atoms with E-state index in [9.17, 15) is 4.39 Å². The van der Waals surface area contributed by atoms with Gasteiger partial charge in [0.25, 0.3) is 0 Å². The summed E-state index contributed by atoms with van der Waals surface area (Å²) in [6, 6.07) is 2.75. The standard InChI is InChI=1S/C11H14ClFN2O/c12-8-3-11(10(14)4-9(8)13)15-5-7-1-2-16-6-7/h3-4,7,15H,1-2,5-6,14H2. The van der Waals surface area contributed by atoms with Gasteiger partial charge in [0, 0.05) is 25.1 Å². The van der Waals surface area contributed by atoms with Gasteiger partial charge < -0.3 is 15.8 Å². The predicted octanol–water partition coefficient (Wildman–Crippen LogP) is 2.51. The number of hydrogen-bond acceptors (Lipinski definition) is 3. The highest BCUT2D eigenvalue weighted by atomic mass is 35.5. The van der Waals surface area contributed by atoms with E-state index in [4.69, 9.17) is 22.1 Å². The molecule has 0 amide bonds. The Labute approximate surface area is 98.7 Å². The van der Waals surface area contributed by atoms with Gasteiger partial charge in [-0.15, -0.1) is 0 Å². The van der Waals surface area contributed by atoms with E-state index in [1.807, 2.05) is 0 Å². The van der Waals surface area contributed by atoms with Gasteiger partial charge >= 0.3 is 0 Å². The number of nitrogens with two attached hydrogens (primary N) is 1. The molecule has 88 valence electrons. The van der Waals surface area contributed by atoms with Crippen molar-refractivity contribution in [3.8, 4) is 0 Å². The lowest BCUT2D eigenvalue weighted by molar-refractivity contribution is 0.187. The molecule has 1 unspecified atom stereocenters. The summed E-state index contributed by atoms with van der Waals surface area (Å²) in [7, 11) is 0. The summed E-state index contributed by atoms with van der Waals surface area (Å²) in [5.74, 6) is -0.00264. The third kappa shape index (κ3) is 2.57. The first-order valence-corrected chi connectivity index (χ1v) is 5.60. The molecule has 1 aliphatic heterocycles. The van der Waals surface area contributed by atoms with Crippen LogP contribution in [0.15, 0.2) is 12.1 Å². The van der Waals surface area contributed by atoms with E-state index in [-0.39, 0.29) is 5.02 Å².